The van der Waals surface area contributed by atoms with Crippen LogP contribution in [0.25, 0.3) is 0 Å². The molecule has 106 valence electrons. The third-order valence-corrected chi connectivity index (χ3v) is 2.71. The molecular formula is C14H13F3N2O. The number of aromatic nitrogens is 1. The molecule has 0 atom stereocenters. The Morgan fingerprint density at radius 3 is 2.40 bits per heavy atom. The van der Waals surface area contributed by atoms with Crippen molar-refractivity contribution in [2.45, 2.75) is 19.6 Å². The minimum absolute atomic E-state index is 0.239. The van der Waals surface area contributed by atoms with Crippen LogP contribution in [0, 0.1) is 6.92 Å². The van der Waals surface area contributed by atoms with E-state index in [1.54, 1.807) is 19.2 Å². The van der Waals surface area contributed by atoms with Crippen LogP contribution >= 0.6 is 0 Å². The lowest BCUT2D eigenvalue weighted by molar-refractivity contribution is -0.137. The number of nitrogens with two attached hydrogens (primary N) is 1. The van der Waals surface area contributed by atoms with E-state index in [0.29, 0.717) is 17.1 Å². The van der Waals surface area contributed by atoms with E-state index < -0.39 is 11.7 Å². The molecule has 2 N–H and O–H groups in total. The molecular weight excluding hydrogens is 269 g/mol. The van der Waals surface area contributed by atoms with Gasteiger partial charge in [0.05, 0.1) is 5.56 Å². The van der Waals surface area contributed by atoms with Crippen molar-refractivity contribution in [2.24, 2.45) is 5.73 Å². The zero-order chi connectivity index (χ0) is 14.8. The number of aryl methyl sites for hydroxylation is 1. The summed E-state index contributed by atoms with van der Waals surface area (Å²) in [6.07, 6.45) is -2.76. The summed E-state index contributed by atoms with van der Waals surface area (Å²) in [5.74, 6) is 0.818. The van der Waals surface area contributed by atoms with Crippen molar-refractivity contribution in [3.05, 3.63) is 53.3 Å². The number of benzene rings is 1. The van der Waals surface area contributed by atoms with Crippen LogP contribution in [0.4, 0.5) is 13.2 Å². The number of hydrogen-bond acceptors (Lipinski definition) is 3. The Labute approximate surface area is 114 Å². The maximum atomic E-state index is 12.5. The third kappa shape index (κ3) is 3.27. The molecule has 0 aliphatic carbocycles. The van der Waals surface area contributed by atoms with E-state index >= 15 is 0 Å². The maximum absolute atomic E-state index is 12.5. The molecule has 1 aromatic carbocycles. The van der Waals surface area contributed by atoms with Crippen molar-refractivity contribution in [3.8, 4) is 11.5 Å². The molecule has 3 nitrogen and oxygen atoms in total. The van der Waals surface area contributed by atoms with E-state index in [4.69, 9.17) is 10.5 Å². The van der Waals surface area contributed by atoms with E-state index in [2.05, 4.69) is 4.98 Å². The number of rotatable bonds is 3. The summed E-state index contributed by atoms with van der Waals surface area (Å²) in [7, 11) is 0. The van der Waals surface area contributed by atoms with Gasteiger partial charge >= 0.3 is 6.18 Å². The second kappa shape index (κ2) is 5.50. The van der Waals surface area contributed by atoms with Gasteiger partial charge in [-0.2, -0.15) is 13.2 Å². The van der Waals surface area contributed by atoms with E-state index in [1.807, 2.05) is 0 Å². The summed E-state index contributed by atoms with van der Waals surface area (Å²) in [4.78, 5) is 4.09. The Morgan fingerprint density at radius 2 is 1.85 bits per heavy atom. The summed E-state index contributed by atoms with van der Waals surface area (Å²) in [5, 5.41) is 0. The second-order valence-corrected chi connectivity index (χ2v) is 4.26. The fourth-order valence-corrected chi connectivity index (χ4v) is 1.65. The number of hydrogen-bond donors (Lipinski definition) is 1. The Bertz CT molecular complexity index is 594. The minimum Gasteiger partial charge on any atom is -0.457 e. The van der Waals surface area contributed by atoms with Gasteiger partial charge in [0.2, 0.25) is 0 Å². The second-order valence-electron chi connectivity index (χ2n) is 4.26. The first-order chi connectivity index (χ1) is 9.40. The average molecular weight is 282 g/mol. The summed E-state index contributed by atoms with van der Waals surface area (Å²) in [6.45, 7) is 2.03. The minimum atomic E-state index is -4.35. The first kappa shape index (κ1) is 14.3. The lowest BCUT2D eigenvalue weighted by Gasteiger charge is -2.11. The molecule has 0 saturated heterocycles. The Kier molecular flexibility index (Phi) is 3.94. The van der Waals surface area contributed by atoms with Crippen LogP contribution in [0.15, 0.2) is 36.5 Å². The van der Waals surface area contributed by atoms with Crippen LogP contribution in [0.5, 0.6) is 11.5 Å². The monoisotopic (exact) mass is 282 g/mol. The molecule has 0 saturated carbocycles. The number of halogens is 3. The molecule has 0 radical (unpaired) electrons. The number of pyridine rings is 1. The molecule has 2 aromatic rings. The van der Waals surface area contributed by atoms with Crippen molar-refractivity contribution >= 4 is 0 Å². The van der Waals surface area contributed by atoms with Gasteiger partial charge in [0.25, 0.3) is 0 Å². The summed E-state index contributed by atoms with van der Waals surface area (Å²) < 4.78 is 42.9. The van der Waals surface area contributed by atoms with E-state index in [-0.39, 0.29) is 6.54 Å². The van der Waals surface area contributed by atoms with E-state index in [0.717, 1.165) is 17.8 Å². The normalized spacial score (nSPS) is 11.4. The standard InChI is InChI=1S/C14H13F3N2O/c1-9-6-13(10(7-18)8-19-9)20-12-4-2-11(3-5-12)14(15,16)17/h2-6,8H,7,18H2,1H3. The van der Waals surface area contributed by atoms with Crippen LogP contribution in [0.3, 0.4) is 0 Å². The Hall–Kier alpha value is -2.08. The predicted molar refractivity (Wildman–Crippen MR) is 68.4 cm³/mol. The summed E-state index contributed by atoms with van der Waals surface area (Å²) in [5.41, 5.74) is 6.28. The SMILES string of the molecule is Cc1cc(Oc2ccc(C(F)(F)F)cc2)c(CN)cn1. The molecule has 0 spiro atoms. The van der Waals surface area contributed by atoms with Gasteiger partial charge in [-0.1, -0.05) is 0 Å². The van der Waals surface area contributed by atoms with Gasteiger partial charge in [-0.3, -0.25) is 4.98 Å². The van der Waals surface area contributed by atoms with Gasteiger partial charge in [0, 0.05) is 30.1 Å². The lowest BCUT2D eigenvalue weighted by Crippen LogP contribution is -2.04. The van der Waals surface area contributed by atoms with Crippen molar-refractivity contribution in [2.75, 3.05) is 0 Å². The topological polar surface area (TPSA) is 48.1 Å². The molecule has 6 heteroatoms. The highest BCUT2D eigenvalue weighted by Crippen LogP contribution is 2.32. The van der Waals surface area contributed by atoms with Gasteiger partial charge in [0.15, 0.2) is 0 Å². The molecule has 0 bridgehead atoms. The molecule has 1 aromatic heterocycles. The predicted octanol–water partition coefficient (Wildman–Crippen LogP) is 3.66. The number of alkyl halides is 3. The molecule has 1 heterocycles. The third-order valence-electron chi connectivity index (χ3n) is 2.71. The van der Waals surface area contributed by atoms with Crippen molar-refractivity contribution in [1.29, 1.82) is 0 Å². The first-order valence-corrected chi connectivity index (χ1v) is 5.91. The van der Waals surface area contributed by atoms with E-state index in [1.165, 1.54) is 12.1 Å². The summed E-state index contributed by atoms with van der Waals surface area (Å²) in [6, 6.07) is 6.20. The van der Waals surface area contributed by atoms with Gasteiger partial charge in [0.1, 0.15) is 11.5 Å². The quantitative estimate of drug-likeness (QED) is 0.934. The van der Waals surface area contributed by atoms with Gasteiger partial charge < -0.3 is 10.5 Å². The molecule has 0 amide bonds. The lowest BCUT2D eigenvalue weighted by atomic mass is 10.2. The fraction of sp³-hybridized carbons (Fsp3) is 0.214. The maximum Gasteiger partial charge on any atom is 0.416 e. The van der Waals surface area contributed by atoms with Crippen LogP contribution in [-0.4, -0.2) is 4.98 Å². The van der Waals surface area contributed by atoms with Crippen molar-refractivity contribution in [3.63, 3.8) is 0 Å². The largest absolute Gasteiger partial charge is 0.457 e. The smallest absolute Gasteiger partial charge is 0.416 e. The average Bonchev–Trinajstić information content (AvgIpc) is 2.38. The van der Waals surface area contributed by atoms with Crippen molar-refractivity contribution < 1.29 is 17.9 Å². The fourth-order valence-electron chi connectivity index (χ4n) is 1.65. The van der Waals surface area contributed by atoms with Crippen molar-refractivity contribution in [1.82, 2.24) is 4.98 Å². The van der Waals surface area contributed by atoms with Crippen LogP contribution in [-0.2, 0) is 12.7 Å². The molecule has 0 unspecified atom stereocenters. The highest BCUT2D eigenvalue weighted by atomic mass is 19.4. The Morgan fingerprint density at radius 1 is 1.20 bits per heavy atom. The number of nitrogens with zero attached hydrogens (tertiary/aromatic N) is 1. The first-order valence-electron chi connectivity index (χ1n) is 5.91. The van der Waals surface area contributed by atoms with E-state index in [9.17, 15) is 13.2 Å². The van der Waals surface area contributed by atoms with Gasteiger partial charge in [-0.25, -0.2) is 0 Å². The molecule has 0 aliphatic rings. The molecule has 2 rings (SSSR count). The Balaban J connectivity index is 2.24. The number of ether oxygens (including phenoxy) is 1. The highest BCUT2D eigenvalue weighted by molar-refractivity contribution is 5.38. The van der Waals surface area contributed by atoms with Gasteiger partial charge in [-0.05, 0) is 31.2 Å². The zero-order valence-corrected chi connectivity index (χ0v) is 10.7. The van der Waals surface area contributed by atoms with Crippen LogP contribution in [0.1, 0.15) is 16.8 Å². The zero-order valence-electron chi connectivity index (χ0n) is 10.7. The highest BCUT2D eigenvalue weighted by Gasteiger charge is 2.30. The van der Waals surface area contributed by atoms with Crippen LogP contribution in [0.2, 0.25) is 0 Å². The summed E-state index contributed by atoms with van der Waals surface area (Å²) >= 11 is 0. The molecule has 0 aliphatic heterocycles. The van der Waals surface area contributed by atoms with Crippen LogP contribution < -0.4 is 10.5 Å². The molecule has 20 heavy (non-hydrogen) atoms. The van der Waals surface area contributed by atoms with Gasteiger partial charge in [-0.15, -0.1) is 0 Å². The molecule has 0 fully saturated rings.